The van der Waals surface area contributed by atoms with E-state index in [2.05, 4.69) is 0 Å². The van der Waals surface area contributed by atoms with Crippen molar-refractivity contribution in [1.29, 1.82) is 0 Å². The Hall–Kier alpha value is -1.06. The Morgan fingerprint density at radius 1 is 1.18 bits per heavy atom. The van der Waals surface area contributed by atoms with Gasteiger partial charge in [0, 0.05) is 12.5 Å². The lowest BCUT2D eigenvalue weighted by atomic mass is 10.1. The molecular formula is C14H22O3. The van der Waals surface area contributed by atoms with Crippen LogP contribution in [0.3, 0.4) is 0 Å². The van der Waals surface area contributed by atoms with Gasteiger partial charge in [-0.15, -0.1) is 0 Å². The summed E-state index contributed by atoms with van der Waals surface area (Å²) in [5.74, 6) is 0.982. The van der Waals surface area contributed by atoms with Crippen LogP contribution in [-0.2, 0) is 6.42 Å². The highest BCUT2D eigenvalue weighted by Gasteiger charge is 2.02. The molecule has 2 atom stereocenters. The van der Waals surface area contributed by atoms with Crippen molar-refractivity contribution >= 4 is 0 Å². The summed E-state index contributed by atoms with van der Waals surface area (Å²) < 4.78 is 5.53. The quantitative estimate of drug-likeness (QED) is 0.764. The van der Waals surface area contributed by atoms with E-state index >= 15 is 0 Å². The highest BCUT2D eigenvalue weighted by molar-refractivity contribution is 5.27. The van der Waals surface area contributed by atoms with Gasteiger partial charge in [0.05, 0.1) is 12.7 Å². The van der Waals surface area contributed by atoms with E-state index in [0.717, 1.165) is 18.6 Å². The van der Waals surface area contributed by atoms with E-state index in [9.17, 15) is 5.11 Å². The summed E-state index contributed by atoms with van der Waals surface area (Å²) in [6, 6.07) is 7.89. The van der Waals surface area contributed by atoms with Crippen LogP contribution < -0.4 is 4.74 Å². The van der Waals surface area contributed by atoms with E-state index in [0.29, 0.717) is 6.61 Å². The standard InChI is InChI=1S/C14H22O3/c1-11(9-15)10-17-14-7-5-13(6-8-14)4-3-12(2)16/h5-8,11-12,15-16H,3-4,9-10H2,1-2H3. The lowest BCUT2D eigenvalue weighted by Gasteiger charge is -2.11. The molecule has 0 aliphatic rings. The van der Waals surface area contributed by atoms with E-state index in [-0.39, 0.29) is 18.6 Å². The Bertz CT molecular complexity index is 306. The third-order valence-corrected chi connectivity index (χ3v) is 2.62. The van der Waals surface area contributed by atoms with Crippen LogP contribution in [-0.4, -0.2) is 29.5 Å². The molecular weight excluding hydrogens is 216 g/mol. The van der Waals surface area contributed by atoms with Crippen molar-refractivity contribution in [2.24, 2.45) is 5.92 Å². The minimum Gasteiger partial charge on any atom is -0.493 e. The fourth-order valence-corrected chi connectivity index (χ4v) is 1.42. The molecule has 0 aliphatic heterocycles. The molecule has 3 nitrogen and oxygen atoms in total. The number of benzene rings is 1. The molecule has 0 spiro atoms. The molecule has 17 heavy (non-hydrogen) atoms. The van der Waals surface area contributed by atoms with E-state index in [1.807, 2.05) is 31.2 Å². The first-order valence-corrected chi connectivity index (χ1v) is 6.12. The van der Waals surface area contributed by atoms with Crippen LogP contribution in [0.4, 0.5) is 0 Å². The van der Waals surface area contributed by atoms with Crippen LogP contribution in [0, 0.1) is 5.92 Å². The lowest BCUT2D eigenvalue weighted by molar-refractivity contribution is 0.174. The Kier molecular flexibility index (Phi) is 6.01. The molecule has 0 radical (unpaired) electrons. The fraction of sp³-hybridized carbons (Fsp3) is 0.571. The zero-order chi connectivity index (χ0) is 12.7. The van der Waals surface area contributed by atoms with Gasteiger partial charge in [0.15, 0.2) is 0 Å². The molecule has 2 N–H and O–H groups in total. The second kappa shape index (κ2) is 7.30. The zero-order valence-corrected chi connectivity index (χ0v) is 10.6. The number of aliphatic hydroxyl groups is 2. The summed E-state index contributed by atoms with van der Waals surface area (Å²) in [5.41, 5.74) is 1.20. The molecule has 0 aromatic heterocycles. The first-order valence-electron chi connectivity index (χ1n) is 6.12. The van der Waals surface area contributed by atoms with Crippen LogP contribution >= 0.6 is 0 Å². The van der Waals surface area contributed by atoms with Gasteiger partial charge in [0.25, 0.3) is 0 Å². The molecule has 0 heterocycles. The molecule has 1 aromatic rings. The topological polar surface area (TPSA) is 49.7 Å². The summed E-state index contributed by atoms with van der Waals surface area (Å²) >= 11 is 0. The van der Waals surface area contributed by atoms with Gasteiger partial charge in [-0.2, -0.15) is 0 Å². The third-order valence-electron chi connectivity index (χ3n) is 2.62. The summed E-state index contributed by atoms with van der Waals surface area (Å²) in [4.78, 5) is 0. The molecule has 3 heteroatoms. The minimum absolute atomic E-state index is 0.145. The van der Waals surface area contributed by atoms with Crippen molar-refractivity contribution in [3.8, 4) is 5.75 Å². The Morgan fingerprint density at radius 2 is 1.82 bits per heavy atom. The molecule has 0 saturated carbocycles. The van der Waals surface area contributed by atoms with Crippen LogP contribution in [0.25, 0.3) is 0 Å². The number of aliphatic hydroxyl groups excluding tert-OH is 2. The summed E-state index contributed by atoms with van der Waals surface area (Å²) in [5, 5.41) is 18.1. The predicted molar refractivity (Wildman–Crippen MR) is 68.2 cm³/mol. The summed E-state index contributed by atoms with van der Waals surface area (Å²) in [6.07, 6.45) is 1.41. The van der Waals surface area contributed by atoms with E-state index in [4.69, 9.17) is 9.84 Å². The van der Waals surface area contributed by atoms with Crippen molar-refractivity contribution in [3.05, 3.63) is 29.8 Å². The van der Waals surface area contributed by atoms with Crippen molar-refractivity contribution in [2.75, 3.05) is 13.2 Å². The first kappa shape index (κ1) is 14.0. The van der Waals surface area contributed by atoms with Gasteiger partial charge < -0.3 is 14.9 Å². The van der Waals surface area contributed by atoms with E-state index in [1.165, 1.54) is 5.56 Å². The molecule has 0 saturated heterocycles. The number of rotatable bonds is 7. The molecule has 1 aromatic carbocycles. The Balaban J connectivity index is 2.39. The average Bonchev–Trinajstić information content (AvgIpc) is 2.34. The second-order valence-corrected chi connectivity index (χ2v) is 4.63. The lowest BCUT2D eigenvalue weighted by Crippen LogP contribution is -2.12. The largest absolute Gasteiger partial charge is 0.493 e. The second-order valence-electron chi connectivity index (χ2n) is 4.63. The maximum absolute atomic E-state index is 9.19. The van der Waals surface area contributed by atoms with Gasteiger partial charge in [0.2, 0.25) is 0 Å². The smallest absolute Gasteiger partial charge is 0.119 e. The molecule has 0 aliphatic carbocycles. The van der Waals surface area contributed by atoms with Crippen molar-refractivity contribution in [1.82, 2.24) is 0 Å². The van der Waals surface area contributed by atoms with Crippen LogP contribution in [0.15, 0.2) is 24.3 Å². The first-order chi connectivity index (χ1) is 8.11. The Labute approximate surface area is 103 Å². The maximum Gasteiger partial charge on any atom is 0.119 e. The fourth-order valence-electron chi connectivity index (χ4n) is 1.42. The third kappa shape index (κ3) is 5.71. The molecule has 96 valence electrons. The van der Waals surface area contributed by atoms with Gasteiger partial charge in [-0.05, 0) is 37.5 Å². The SMILES string of the molecule is CC(O)CCc1ccc(OCC(C)CO)cc1. The normalized spacial score (nSPS) is 14.4. The number of ether oxygens (including phenoxy) is 1. The monoisotopic (exact) mass is 238 g/mol. The maximum atomic E-state index is 9.19. The van der Waals surface area contributed by atoms with Crippen LogP contribution in [0.2, 0.25) is 0 Å². The van der Waals surface area contributed by atoms with Crippen molar-refractivity contribution in [3.63, 3.8) is 0 Å². The Morgan fingerprint density at radius 3 is 2.35 bits per heavy atom. The minimum atomic E-state index is -0.253. The summed E-state index contributed by atoms with van der Waals surface area (Å²) in [6.45, 7) is 4.42. The van der Waals surface area contributed by atoms with Crippen LogP contribution in [0.1, 0.15) is 25.8 Å². The van der Waals surface area contributed by atoms with Gasteiger partial charge in [-0.3, -0.25) is 0 Å². The molecule has 0 amide bonds. The average molecular weight is 238 g/mol. The van der Waals surface area contributed by atoms with Gasteiger partial charge in [0.1, 0.15) is 5.75 Å². The van der Waals surface area contributed by atoms with Crippen LogP contribution in [0.5, 0.6) is 5.75 Å². The summed E-state index contributed by atoms with van der Waals surface area (Å²) in [7, 11) is 0. The number of aryl methyl sites for hydroxylation is 1. The highest BCUT2D eigenvalue weighted by atomic mass is 16.5. The van der Waals surface area contributed by atoms with Gasteiger partial charge >= 0.3 is 0 Å². The predicted octanol–water partition coefficient (Wildman–Crippen LogP) is 2.01. The van der Waals surface area contributed by atoms with Crippen molar-refractivity contribution < 1.29 is 14.9 Å². The van der Waals surface area contributed by atoms with Crippen molar-refractivity contribution in [2.45, 2.75) is 32.8 Å². The molecule has 2 unspecified atom stereocenters. The number of hydrogen-bond donors (Lipinski definition) is 2. The molecule has 1 rings (SSSR count). The van der Waals surface area contributed by atoms with Gasteiger partial charge in [-0.25, -0.2) is 0 Å². The molecule has 0 bridgehead atoms. The highest BCUT2D eigenvalue weighted by Crippen LogP contribution is 2.14. The zero-order valence-electron chi connectivity index (χ0n) is 10.6. The van der Waals surface area contributed by atoms with E-state index in [1.54, 1.807) is 6.92 Å². The number of hydrogen-bond acceptors (Lipinski definition) is 3. The van der Waals surface area contributed by atoms with Gasteiger partial charge in [-0.1, -0.05) is 19.1 Å². The van der Waals surface area contributed by atoms with E-state index < -0.39 is 0 Å². The molecule has 0 fully saturated rings.